The van der Waals surface area contributed by atoms with Gasteiger partial charge in [0.1, 0.15) is 12.0 Å². The maximum Gasteiger partial charge on any atom is 0.333 e. The third-order valence-corrected chi connectivity index (χ3v) is 4.76. The van der Waals surface area contributed by atoms with Crippen LogP contribution in [0.5, 0.6) is 5.75 Å². The summed E-state index contributed by atoms with van der Waals surface area (Å²) in [5.41, 5.74) is 4.58. The molecule has 0 aliphatic carbocycles. The minimum Gasteiger partial charge on any atom is -0.479 e. The highest BCUT2D eigenvalue weighted by molar-refractivity contribution is 6.30. The molecule has 180 valence electrons. The van der Waals surface area contributed by atoms with Gasteiger partial charge in [-0.25, -0.2) is 4.79 Å². The average molecular weight is 488 g/mol. The molecule has 0 radical (unpaired) electrons. The summed E-state index contributed by atoms with van der Waals surface area (Å²) in [6.45, 7) is 4.50. The number of hydroxylamine groups is 1. The van der Waals surface area contributed by atoms with E-state index in [1.807, 2.05) is 13.0 Å². The normalized spacial score (nSPS) is 12.4. The number of aromatic nitrogens is 2. The van der Waals surface area contributed by atoms with Crippen molar-refractivity contribution in [2.75, 3.05) is 13.2 Å². The van der Waals surface area contributed by atoms with Gasteiger partial charge in [0.25, 0.3) is 5.89 Å². The van der Waals surface area contributed by atoms with Crippen molar-refractivity contribution in [1.29, 1.82) is 0 Å². The van der Waals surface area contributed by atoms with Crippen LogP contribution in [0, 0.1) is 0 Å². The van der Waals surface area contributed by atoms with Gasteiger partial charge in [0.15, 0.2) is 11.8 Å². The molecule has 1 atom stereocenters. The van der Waals surface area contributed by atoms with Gasteiger partial charge in [0, 0.05) is 23.6 Å². The predicted molar refractivity (Wildman–Crippen MR) is 126 cm³/mol. The quantitative estimate of drug-likeness (QED) is 0.200. The Balaban J connectivity index is 1.78. The van der Waals surface area contributed by atoms with E-state index in [1.165, 1.54) is 6.26 Å². The second-order valence-corrected chi connectivity index (χ2v) is 7.59. The molecule has 0 bridgehead atoms. The van der Waals surface area contributed by atoms with Gasteiger partial charge in [0.2, 0.25) is 5.89 Å². The molecule has 10 heteroatoms. The summed E-state index contributed by atoms with van der Waals surface area (Å²) in [7, 11) is 0. The van der Waals surface area contributed by atoms with E-state index in [9.17, 15) is 9.90 Å². The molecule has 0 spiro atoms. The number of aliphatic carboxylic acids is 1. The van der Waals surface area contributed by atoms with Gasteiger partial charge in [-0.05, 0) is 55.3 Å². The Hall–Kier alpha value is -3.40. The molecule has 1 unspecified atom stereocenters. The first-order valence-electron chi connectivity index (χ1n) is 10.8. The SMILES string of the molecule is CCCONC(=COc1cccc(CC(OCC)C(=O)O)c1)c1nnc(-c2ccc(Cl)cc2)o1. The van der Waals surface area contributed by atoms with Crippen molar-refractivity contribution < 1.29 is 28.6 Å². The monoisotopic (exact) mass is 487 g/mol. The molecule has 0 amide bonds. The Labute approximate surface area is 202 Å². The lowest BCUT2D eigenvalue weighted by Crippen LogP contribution is -2.26. The predicted octanol–water partition coefficient (Wildman–Crippen LogP) is 4.73. The van der Waals surface area contributed by atoms with E-state index < -0.39 is 12.1 Å². The number of hydrogen-bond donors (Lipinski definition) is 2. The summed E-state index contributed by atoms with van der Waals surface area (Å²) >= 11 is 5.94. The van der Waals surface area contributed by atoms with Crippen molar-refractivity contribution in [2.45, 2.75) is 32.8 Å². The maximum atomic E-state index is 11.4. The van der Waals surface area contributed by atoms with Crippen LogP contribution < -0.4 is 10.2 Å². The lowest BCUT2D eigenvalue weighted by atomic mass is 10.1. The topological polar surface area (TPSA) is 116 Å². The van der Waals surface area contributed by atoms with Crippen LogP contribution in [0.1, 0.15) is 31.7 Å². The molecule has 34 heavy (non-hydrogen) atoms. The highest BCUT2D eigenvalue weighted by atomic mass is 35.5. The van der Waals surface area contributed by atoms with Crippen molar-refractivity contribution >= 4 is 23.3 Å². The van der Waals surface area contributed by atoms with Crippen molar-refractivity contribution in [3.63, 3.8) is 0 Å². The standard InChI is InChI=1S/C24H26ClN3O6/c1-3-12-33-28-20(23-27-26-22(34-23)17-8-10-18(25)11-9-17)15-32-19-7-5-6-16(13-19)14-21(24(29)30)31-4-2/h5-11,13,15,21,28H,3-4,12,14H2,1-2H3,(H,29,30). The van der Waals surface area contributed by atoms with E-state index in [0.717, 1.165) is 12.0 Å². The van der Waals surface area contributed by atoms with Crippen LogP contribution in [-0.2, 0) is 20.8 Å². The van der Waals surface area contributed by atoms with Crippen molar-refractivity contribution in [1.82, 2.24) is 15.7 Å². The average Bonchev–Trinajstić information content (AvgIpc) is 3.32. The molecule has 1 aromatic heterocycles. The van der Waals surface area contributed by atoms with Crippen LogP contribution in [0.4, 0.5) is 0 Å². The lowest BCUT2D eigenvalue weighted by Gasteiger charge is -2.13. The van der Waals surface area contributed by atoms with Crippen LogP contribution in [0.2, 0.25) is 5.02 Å². The number of rotatable bonds is 13. The van der Waals surface area contributed by atoms with E-state index in [2.05, 4.69) is 15.7 Å². The van der Waals surface area contributed by atoms with Gasteiger partial charge in [0.05, 0.1) is 6.61 Å². The van der Waals surface area contributed by atoms with E-state index in [-0.39, 0.29) is 12.3 Å². The van der Waals surface area contributed by atoms with Crippen molar-refractivity contribution in [2.24, 2.45) is 0 Å². The first kappa shape index (κ1) is 25.2. The number of nitrogens with zero attached hydrogens (tertiary/aromatic N) is 2. The number of hydrogen-bond acceptors (Lipinski definition) is 8. The fourth-order valence-electron chi connectivity index (χ4n) is 2.90. The first-order valence-corrected chi connectivity index (χ1v) is 11.2. The third-order valence-electron chi connectivity index (χ3n) is 4.51. The minimum atomic E-state index is -1.01. The van der Waals surface area contributed by atoms with Gasteiger partial charge in [-0.2, -0.15) is 0 Å². The Morgan fingerprint density at radius 3 is 2.71 bits per heavy atom. The number of halogens is 1. The lowest BCUT2D eigenvalue weighted by molar-refractivity contribution is -0.149. The highest BCUT2D eigenvalue weighted by Gasteiger charge is 2.18. The number of carboxylic acids is 1. The number of nitrogens with one attached hydrogen (secondary N) is 1. The fraction of sp³-hybridized carbons (Fsp3) is 0.292. The van der Waals surface area contributed by atoms with Crippen molar-refractivity contribution in [3.05, 3.63) is 71.3 Å². The summed E-state index contributed by atoms with van der Waals surface area (Å²) in [5, 5.41) is 18.1. The molecule has 0 aliphatic heterocycles. The summed E-state index contributed by atoms with van der Waals surface area (Å²) in [6, 6.07) is 14.1. The van der Waals surface area contributed by atoms with Gasteiger partial charge >= 0.3 is 5.97 Å². The van der Waals surface area contributed by atoms with Crippen LogP contribution in [0.15, 0.2) is 59.2 Å². The van der Waals surface area contributed by atoms with Gasteiger partial charge < -0.3 is 19.0 Å². The molecule has 2 N–H and O–H groups in total. The van der Waals surface area contributed by atoms with E-state index >= 15 is 0 Å². The third kappa shape index (κ3) is 7.31. The molecule has 3 rings (SSSR count). The van der Waals surface area contributed by atoms with E-state index in [1.54, 1.807) is 49.4 Å². The van der Waals surface area contributed by atoms with Crippen LogP contribution in [0.25, 0.3) is 17.2 Å². The molecule has 0 saturated carbocycles. The molecule has 9 nitrogen and oxygen atoms in total. The van der Waals surface area contributed by atoms with Crippen LogP contribution in [0.3, 0.4) is 0 Å². The molecule has 0 aliphatic rings. The number of carbonyl (C=O) groups is 1. The first-order chi connectivity index (χ1) is 16.5. The summed E-state index contributed by atoms with van der Waals surface area (Å²) in [6.07, 6.45) is 1.47. The highest BCUT2D eigenvalue weighted by Crippen LogP contribution is 2.23. The Kier molecular flexibility index (Phi) is 9.45. The number of benzene rings is 2. The molecule has 2 aromatic carbocycles. The molecular formula is C24H26ClN3O6. The Bertz CT molecular complexity index is 1100. The van der Waals surface area contributed by atoms with Gasteiger partial charge in [-0.15, -0.1) is 10.2 Å². The zero-order valence-corrected chi connectivity index (χ0v) is 19.6. The Morgan fingerprint density at radius 2 is 2.00 bits per heavy atom. The van der Waals surface area contributed by atoms with E-state index in [4.69, 9.17) is 30.3 Å². The Morgan fingerprint density at radius 1 is 1.21 bits per heavy atom. The van der Waals surface area contributed by atoms with Crippen molar-refractivity contribution in [3.8, 4) is 17.2 Å². The zero-order chi connectivity index (χ0) is 24.3. The molecular weight excluding hydrogens is 462 g/mol. The summed E-state index contributed by atoms with van der Waals surface area (Å²) < 4.78 is 16.9. The maximum absolute atomic E-state index is 11.4. The largest absolute Gasteiger partial charge is 0.479 e. The second-order valence-electron chi connectivity index (χ2n) is 7.15. The molecule has 3 aromatic rings. The van der Waals surface area contributed by atoms with Gasteiger partial charge in [-0.1, -0.05) is 30.7 Å². The summed E-state index contributed by atoms with van der Waals surface area (Å²) in [5.74, 6) is -0.0436. The number of carboxylic acid groups (broad SMARTS) is 1. The second kappa shape index (κ2) is 12.7. The number of ether oxygens (including phenoxy) is 2. The molecule has 0 saturated heterocycles. The molecule has 1 heterocycles. The molecule has 0 fully saturated rings. The summed E-state index contributed by atoms with van der Waals surface area (Å²) in [4.78, 5) is 16.8. The van der Waals surface area contributed by atoms with Gasteiger partial charge in [-0.3, -0.25) is 10.3 Å². The van der Waals surface area contributed by atoms with Crippen LogP contribution >= 0.6 is 11.6 Å². The smallest absolute Gasteiger partial charge is 0.333 e. The van der Waals surface area contributed by atoms with Crippen LogP contribution in [-0.4, -0.2) is 40.6 Å². The van der Waals surface area contributed by atoms with E-state index in [0.29, 0.717) is 41.1 Å². The zero-order valence-electron chi connectivity index (χ0n) is 18.9. The fourth-order valence-corrected chi connectivity index (χ4v) is 3.02. The minimum absolute atomic E-state index is 0.166.